The van der Waals surface area contributed by atoms with Gasteiger partial charge in [0.1, 0.15) is 5.69 Å². The maximum absolute atomic E-state index is 6.10. The van der Waals surface area contributed by atoms with Crippen LogP contribution in [0.5, 0.6) is 0 Å². The first-order valence-electron chi connectivity index (χ1n) is 8.03. The van der Waals surface area contributed by atoms with E-state index in [1.165, 1.54) is 0 Å². The summed E-state index contributed by atoms with van der Waals surface area (Å²) in [6.07, 6.45) is 3.62. The predicted octanol–water partition coefficient (Wildman–Crippen LogP) is 1.70. The molecule has 0 amide bonds. The van der Waals surface area contributed by atoms with Crippen molar-refractivity contribution in [2.45, 2.75) is 18.8 Å². The van der Waals surface area contributed by atoms with E-state index in [2.05, 4.69) is 37.3 Å². The first kappa shape index (κ1) is 13.6. The van der Waals surface area contributed by atoms with Gasteiger partial charge in [-0.05, 0) is 6.07 Å². The lowest BCUT2D eigenvalue weighted by Crippen LogP contribution is -2.32. The Hall–Kier alpha value is -2.80. The highest BCUT2D eigenvalue weighted by molar-refractivity contribution is 5.61. The molecular weight excluding hydrogens is 304 g/mol. The third-order valence-electron chi connectivity index (χ3n) is 4.66. The summed E-state index contributed by atoms with van der Waals surface area (Å²) in [6.45, 7) is 2.08. The molecule has 24 heavy (non-hydrogen) atoms. The SMILES string of the molecule is c1ccc(-c2nnn3c2CO[C@H]2CN(c4ncccn4)C[C@@H]23)cc1. The summed E-state index contributed by atoms with van der Waals surface area (Å²) in [5, 5.41) is 8.83. The van der Waals surface area contributed by atoms with E-state index in [-0.39, 0.29) is 12.1 Å². The molecule has 2 aliphatic heterocycles. The van der Waals surface area contributed by atoms with Crippen LogP contribution in [0.3, 0.4) is 0 Å². The number of rotatable bonds is 2. The average molecular weight is 320 g/mol. The number of hydrogen-bond acceptors (Lipinski definition) is 6. The molecule has 7 heteroatoms. The Morgan fingerprint density at radius 1 is 1.00 bits per heavy atom. The van der Waals surface area contributed by atoms with Crippen molar-refractivity contribution in [3.63, 3.8) is 0 Å². The van der Waals surface area contributed by atoms with Gasteiger partial charge in [-0.3, -0.25) is 0 Å². The highest BCUT2D eigenvalue weighted by atomic mass is 16.5. The van der Waals surface area contributed by atoms with Crippen LogP contribution in [0.25, 0.3) is 11.3 Å². The van der Waals surface area contributed by atoms with Crippen LogP contribution in [0.4, 0.5) is 5.95 Å². The number of fused-ring (bicyclic) bond motifs is 3. The van der Waals surface area contributed by atoms with Crippen LogP contribution < -0.4 is 4.90 Å². The first-order chi connectivity index (χ1) is 11.9. The fourth-order valence-electron chi connectivity index (χ4n) is 3.49. The molecule has 0 aliphatic carbocycles. The zero-order chi connectivity index (χ0) is 15.9. The van der Waals surface area contributed by atoms with E-state index in [0.717, 1.165) is 36.0 Å². The summed E-state index contributed by atoms with van der Waals surface area (Å²) >= 11 is 0. The molecule has 0 N–H and O–H groups in total. The van der Waals surface area contributed by atoms with E-state index < -0.39 is 0 Å². The zero-order valence-electron chi connectivity index (χ0n) is 13.0. The highest BCUT2D eigenvalue weighted by Crippen LogP contribution is 2.35. The van der Waals surface area contributed by atoms with Crippen LogP contribution in [-0.2, 0) is 11.3 Å². The van der Waals surface area contributed by atoms with E-state index in [4.69, 9.17) is 4.74 Å². The third-order valence-corrected chi connectivity index (χ3v) is 4.66. The molecule has 2 atom stereocenters. The van der Waals surface area contributed by atoms with Gasteiger partial charge >= 0.3 is 0 Å². The third kappa shape index (κ3) is 2.09. The number of nitrogens with zero attached hydrogens (tertiary/aromatic N) is 6. The van der Waals surface area contributed by atoms with Gasteiger partial charge in [0.2, 0.25) is 5.95 Å². The van der Waals surface area contributed by atoms with Gasteiger partial charge in [0.05, 0.1) is 24.4 Å². The minimum atomic E-state index is 0.0895. The number of anilines is 1. The Bertz CT molecular complexity index is 850. The van der Waals surface area contributed by atoms with Gasteiger partial charge in [0.25, 0.3) is 0 Å². The van der Waals surface area contributed by atoms with Gasteiger partial charge in [-0.15, -0.1) is 5.10 Å². The second-order valence-corrected chi connectivity index (χ2v) is 6.07. The number of ether oxygens (including phenoxy) is 1. The van der Waals surface area contributed by atoms with Gasteiger partial charge in [0, 0.05) is 31.0 Å². The Balaban J connectivity index is 1.48. The van der Waals surface area contributed by atoms with Crippen molar-refractivity contribution in [2.24, 2.45) is 0 Å². The Labute approximate surface area is 138 Å². The monoisotopic (exact) mass is 320 g/mol. The molecule has 1 saturated heterocycles. The van der Waals surface area contributed by atoms with Gasteiger partial charge in [-0.1, -0.05) is 35.5 Å². The van der Waals surface area contributed by atoms with E-state index in [1.807, 2.05) is 28.9 Å². The van der Waals surface area contributed by atoms with Crippen molar-refractivity contribution in [3.05, 3.63) is 54.5 Å². The van der Waals surface area contributed by atoms with E-state index in [0.29, 0.717) is 6.61 Å². The lowest BCUT2D eigenvalue weighted by molar-refractivity contribution is -0.00227. The maximum atomic E-state index is 6.10. The molecule has 2 aliphatic rings. The Kier molecular flexibility index (Phi) is 3.05. The summed E-state index contributed by atoms with van der Waals surface area (Å²) in [5.74, 6) is 0.737. The van der Waals surface area contributed by atoms with Crippen LogP contribution in [-0.4, -0.2) is 44.2 Å². The number of hydrogen-bond donors (Lipinski definition) is 0. The van der Waals surface area contributed by atoms with Crippen molar-refractivity contribution in [1.29, 1.82) is 0 Å². The molecule has 120 valence electrons. The fourth-order valence-corrected chi connectivity index (χ4v) is 3.49. The zero-order valence-corrected chi connectivity index (χ0v) is 13.0. The van der Waals surface area contributed by atoms with Gasteiger partial charge < -0.3 is 9.64 Å². The van der Waals surface area contributed by atoms with Crippen molar-refractivity contribution >= 4 is 5.95 Å². The minimum Gasteiger partial charge on any atom is -0.368 e. The molecule has 7 nitrogen and oxygen atoms in total. The van der Waals surface area contributed by atoms with Crippen LogP contribution >= 0.6 is 0 Å². The van der Waals surface area contributed by atoms with Crippen molar-refractivity contribution in [1.82, 2.24) is 25.0 Å². The minimum absolute atomic E-state index is 0.0895. The van der Waals surface area contributed by atoms with Gasteiger partial charge in [-0.25, -0.2) is 14.6 Å². The number of aromatic nitrogens is 5. The van der Waals surface area contributed by atoms with Crippen LogP contribution in [0.15, 0.2) is 48.8 Å². The fraction of sp³-hybridized carbons (Fsp3) is 0.294. The summed E-state index contributed by atoms with van der Waals surface area (Å²) in [4.78, 5) is 10.8. The highest BCUT2D eigenvalue weighted by Gasteiger charge is 2.41. The summed E-state index contributed by atoms with van der Waals surface area (Å²) in [5.41, 5.74) is 3.02. The quantitative estimate of drug-likeness (QED) is 0.716. The van der Waals surface area contributed by atoms with E-state index in [1.54, 1.807) is 12.4 Å². The summed E-state index contributed by atoms with van der Waals surface area (Å²) < 4.78 is 8.13. The van der Waals surface area contributed by atoms with Crippen LogP contribution in [0.1, 0.15) is 11.7 Å². The largest absolute Gasteiger partial charge is 0.368 e. The second-order valence-electron chi connectivity index (χ2n) is 6.07. The molecule has 0 radical (unpaired) electrons. The molecule has 3 aromatic rings. The summed E-state index contributed by atoms with van der Waals surface area (Å²) in [6, 6.07) is 12.1. The average Bonchev–Trinajstić information content (AvgIpc) is 3.27. The van der Waals surface area contributed by atoms with Gasteiger partial charge in [-0.2, -0.15) is 0 Å². The molecule has 5 rings (SSSR count). The molecule has 1 aromatic carbocycles. The molecule has 2 aromatic heterocycles. The summed E-state index contributed by atoms with van der Waals surface area (Å²) in [7, 11) is 0. The molecule has 0 saturated carbocycles. The van der Waals surface area contributed by atoms with Crippen LogP contribution in [0.2, 0.25) is 0 Å². The molecule has 1 fully saturated rings. The molecule has 0 bridgehead atoms. The van der Waals surface area contributed by atoms with Crippen molar-refractivity contribution in [3.8, 4) is 11.3 Å². The molecule has 0 unspecified atom stereocenters. The smallest absolute Gasteiger partial charge is 0.225 e. The molecule has 4 heterocycles. The van der Waals surface area contributed by atoms with Crippen LogP contribution in [0, 0.1) is 0 Å². The topological polar surface area (TPSA) is 69.0 Å². The van der Waals surface area contributed by atoms with Crippen molar-refractivity contribution < 1.29 is 4.74 Å². The normalized spacial score (nSPS) is 22.2. The first-order valence-corrected chi connectivity index (χ1v) is 8.03. The van der Waals surface area contributed by atoms with E-state index >= 15 is 0 Å². The Morgan fingerprint density at radius 3 is 2.67 bits per heavy atom. The van der Waals surface area contributed by atoms with Crippen molar-refractivity contribution in [2.75, 3.05) is 18.0 Å². The predicted molar refractivity (Wildman–Crippen MR) is 87.3 cm³/mol. The van der Waals surface area contributed by atoms with Gasteiger partial charge in [0.15, 0.2) is 0 Å². The maximum Gasteiger partial charge on any atom is 0.225 e. The van der Waals surface area contributed by atoms with E-state index in [9.17, 15) is 0 Å². The Morgan fingerprint density at radius 2 is 1.83 bits per heavy atom. The molecular formula is C17H16N6O. The second kappa shape index (κ2) is 5.38. The molecule has 0 spiro atoms. The number of benzene rings is 1. The lowest BCUT2D eigenvalue weighted by atomic mass is 10.1. The standard InChI is InChI=1S/C17H16N6O/c1-2-5-12(6-3-1)16-14-11-24-15-10-22(17-18-7-4-8-19-17)9-13(15)23(14)21-20-16/h1-8,13,15H,9-11H2/t13-,15-/m0/s1. The lowest BCUT2D eigenvalue weighted by Gasteiger charge is -2.26.